The maximum atomic E-state index is 9.65. The highest BCUT2D eigenvalue weighted by Gasteiger charge is 2.41. The Bertz CT molecular complexity index is 750. The van der Waals surface area contributed by atoms with Gasteiger partial charge in [0.25, 0.3) is 0 Å². The standard InChI is InChI=1S/C17H21ClN2.C6H5Cl/c18-14-8-4-7-13(9-14)16-11-20-17(15(16)10-19)12-5-2-1-3-6-12;7-6-4-2-1-3-5-6/h4,7-9,12,15-17,20H,1-3,5-6,11H2;1-5H. The Kier molecular flexibility index (Phi) is 7.59. The molecule has 0 bridgehead atoms. The number of benzene rings is 2. The number of hydrogen-bond acceptors (Lipinski definition) is 2. The zero-order valence-electron chi connectivity index (χ0n) is 15.5. The smallest absolute Gasteiger partial charge is 0.0699 e. The fraction of sp³-hybridized carbons (Fsp3) is 0.435. The molecular formula is C23H26Cl2N2. The topological polar surface area (TPSA) is 35.8 Å². The quantitative estimate of drug-likeness (QED) is 0.627. The summed E-state index contributed by atoms with van der Waals surface area (Å²) < 4.78 is 0. The van der Waals surface area contributed by atoms with E-state index in [9.17, 15) is 5.26 Å². The first-order valence-electron chi connectivity index (χ1n) is 9.78. The number of halogens is 2. The van der Waals surface area contributed by atoms with Gasteiger partial charge in [0.2, 0.25) is 0 Å². The van der Waals surface area contributed by atoms with E-state index in [2.05, 4.69) is 17.5 Å². The van der Waals surface area contributed by atoms with E-state index in [0.717, 1.165) is 16.6 Å². The second kappa shape index (κ2) is 10.1. The zero-order valence-corrected chi connectivity index (χ0v) is 17.0. The summed E-state index contributed by atoms with van der Waals surface area (Å²) in [6, 6.07) is 20.4. The molecule has 2 fully saturated rings. The van der Waals surface area contributed by atoms with Crippen molar-refractivity contribution in [3.8, 4) is 6.07 Å². The second-order valence-corrected chi connectivity index (χ2v) is 8.32. The predicted molar refractivity (Wildman–Crippen MR) is 113 cm³/mol. The molecule has 0 radical (unpaired) electrons. The second-order valence-electron chi connectivity index (χ2n) is 7.44. The minimum Gasteiger partial charge on any atom is -0.312 e. The fourth-order valence-corrected chi connectivity index (χ4v) is 4.71. The summed E-state index contributed by atoms with van der Waals surface area (Å²) in [5.41, 5.74) is 1.20. The number of hydrogen-bond donors (Lipinski definition) is 1. The lowest BCUT2D eigenvalue weighted by Gasteiger charge is -2.30. The van der Waals surface area contributed by atoms with Crippen molar-refractivity contribution in [2.24, 2.45) is 11.8 Å². The highest BCUT2D eigenvalue weighted by Crippen LogP contribution is 2.39. The van der Waals surface area contributed by atoms with Crippen molar-refractivity contribution in [2.45, 2.75) is 44.1 Å². The highest BCUT2D eigenvalue weighted by molar-refractivity contribution is 6.30. The van der Waals surface area contributed by atoms with E-state index in [1.54, 1.807) is 0 Å². The van der Waals surface area contributed by atoms with Gasteiger partial charge in [0.05, 0.1) is 12.0 Å². The number of nitrogens with one attached hydrogen (secondary N) is 1. The first-order chi connectivity index (χ1) is 13.2. The Balaban J connectivity index is 0.000000253. The molecular weight excluding hydrogens is 375 g/mol. The summed E-state index contributed by atoms with van der Waals surface area (Å²) in [5.74, 6) is 1.04. The third kappa shape index (κ3) is 5.48. The maximum absolute atomic E-state index is 9.65. The Labute approximate surface area is 172 Å². The van der Waals surface area contributed by atoms with Crippen LogP contribution in [0, 0.1) is 23.2 Å². The van der Waals surface area contributed by atoms with Crippen LogP contribution in [0.4, 0.5) is 0 Å². The molecule has 2 aromatic carbocycles. The average molecular weight is 401 g/mol. The Morgan fingerprint density at radius 1 is 0.889 bits per heavy atom. The molecule has 2 aromatic rings. The van der Waals surface area contributed by atoms with Crippen LogP contribution in [0.25, 0.3) is 0 Å². The van der Waals surface area contributed by atoms with Gasteiger partial charge in [0, 0.05) is 28.5 Å². The zero-order chi connectivity index (χ0) is 19.1. The molecule has 1 aliphatic carbocycles. The molecule has 3 unspecified atom stereocenters. The molecule has 1 saturated carbocycles. The van der Waals surface area contributed by atoms with Crippen LogP contribution in [-0.4, -0.2) is 12.6 Å². The lowest BCUT2D eigenvalue weighted by Crippen LogP contribution is -2.36. The van der Waals surface area contributed by atoms with Gasteiger partial charge in [-0.25, -0.2) is 0 Å². The molecule has 2 nitrogen and oxygen atoms in total. The molecule has 27 heavy (non-hydrogen) atoms. The molecule has 0 aromatic heterocycles. The summed E-state index contributed by atoms with van der Waals surface area (Å²) >= 11 is 11.6. The van der Waals surface area contributed by atoms with E-state index in [4.69, 9.17) is 23.2 Å². The van der Waals surface area contributed by atoms with E-state index in [1.165, 1.54) is 37.7 Å². The molecule has 2 aliphatic rings. The van der Waals surface area contributed by atoms with Crippen molar-refractivity contribution in [3.05, 3.63) is 70.2 Å². The summed E-state index contributed by atoms with van der Waals surface area (Å²) in [6.07, 6.45) is 6.56. The molecule has 3 atom stereocenters. The number of nitrogens with zero attached hydrogens (tertiary/aromatic N) is 1. The van der Waals surface area contributed by atoms with Crippen LogP contribution in [0.15, 0.2) is 54.6 Å². The maximum Gasteiger partial charge on any atom is 0.0699 e. The van der Waals surface area contributed by atoms with Crippen LogP contribution in [0.2, 0.25) is 10.0 Å². The van der Waals surface area contributed by atoms with Gasteiger partial charge in [-0.1, -0.05) is 72.8 Å². The SMILES string of the molecule is Clc1ccccc1.N#CC1C(c2cccc(Cl)c2)CNC1C1CCCCC1. The first kappa shape index (κ1) is 20.2. The minimum atomic E-state index is 0.0802. The average Bonchev–Trinajstić information content (AvgIpc) is 3.14. The van der Waals surface area contributed by atoms with E-state index < -0.39 is 0 Å². The number of rotatable bonds is 2. The monoisotopic (exact) mass is 400 g/mol. The third-order valence-electron chi connectivity index (χ3n) is 5.71. The largest absolute Gasteiger partial charge is 0.312 e. The van der Waals surface area contributed by atoms with E-state index in [0.29, 0.717) is 12.0 Å². The van der Waals surface area contributed by atoms with Crippen molar-refractivity contribution in [1.29, 1.82) is 5.26 Å². The lowest BCUT2D eigenvalue weighted by molar-refractivity contribution is 0.264. The highest BCUT2D eigenvalue weighted by atomic mass is 35.5. The summed E-state index contributed by atoms with van der Waals surface area (Å²) in [6.45, 7) is 0.903. The Morgan fingerprint density at radius 2 is 1.59 bits per heavy atom. The van der Waals surface area contributed by atoms with E-state index >= 15 is 0 Å². The van der Waals surface area contributed by atoms with Crippen LogP contribution in [0.1, 0.15) is 43.6 Å². The molecule has 0 amide bonds. The molecule has 1 saturated heterocycles. The molecule has 4 heteroatoms. The van der Waals surface area contributed by atoms with Crippen molar-refractivity contribution in [2.75, 3.05) is 6.54 Å². The summed E-state index contributed by atoms with van der Waals surface area (Å²) in [4.78, 5) is 0. The van der Waals surface area contributed by atoms with E-state index in [-0.39, 0.29) is 11.8 Å². The third-order valence-corrected chi connectivity index (χ3v) is 6.20. The van der Waals surface area contributed by atoms with Crippen LogP contribution in [0.5, 0.6) is 0 Å². The Morgan fingerprint density at radius 3 is 2.19 bits per heavy atom. The van der Waals surface area contributed by atoms with Gasteiger partial charge in [0.1, 0.15) is 0 Å². The summed E-state index contributed by atoms with van der Waals surface area (Å²) in [5, 5.41) is 14.8. The lowest BCUT2D eigenvalue weighted by atomic mass is 9.76. The molecule has 1 heterocycles. The fourth-order valence-electron chi connectivity index (χ4n) is 4.37. The van der Waals surface area contributed by atoms with Crippen LogP contribution >= 0.6 is 23.2 Å². The van der Waals surface area contributed by atoms with Crippen molar-refractivity contribution in [3.63, 3.8) is 0 Å². The molecule has 0 spiro atoms. The summed E-state index contributed by atoms with van der Waals surface area (Å²) in [7, 11) is 0. The van der Waals surface area contributed by atoms with Gasteiger partial charge in [-0.2, -0.15) is 5.26 Å². The van der Waals surface area contributed by atoms with Gasteiger partial charge >= 0.3 is 0 Å². The molecule has 1 N–H and O–H groups in total. The van der Waals surface area contributed by atoms with Crippen LogP contribution in [-0.2, 0) is 0 Å². The van der Waals surface area contributed by atoms with Crippen molar-refractivity contribution in [1.82, 2.24) is 5.32 Å². The van der Waals surface area contributed by atoms with E-state index in [1.807, 2.05) is 48.5 Å². The van der Waals surface area contributed by atoms with Crippen molar-refractivity contribution < 1.29 is 0 Å². The van der Waals surface area contributed by atoms with Gasteiger partial charge in [0.15, 0.2) is 0 Å². The minimum absolute atomic E-state index is 0.0802. The normalized spacial score (nSPS) is 25.3. The molecule has 142 valence electrons. The first-order valence-corrected chi connectivity index (χ1v) is 10.5. The van der Waals surface area contributed by atoms with Crippen molar-refractivity contribution >= 4 is 23.2 Å². The van der Waals surface area contributed by atoms with Crippen LogP contribution in [0.3, 0.4) is 0 Å². The van der Waals surface area contributed by atoms with Gasteiger partial charge in [-0.05, 0) is 48.6 Å². The van der Waals surface area contributed by atoms with Crippen LogP contribution < -0.4 is 5.32 Å². The van der Waals surface area contributed by atoms with Gasteiger partial charge < -0.3 is 5.32 Å². The van der Waals surface area contributed by atoms with Gasteiger partial charge in [-0.3, -0.25) is 0 Å². The van der Waals surface area contributed by atoms with Gasteiger partial charge in [-0.15, -0.1) is 0 Å². The number of nitriles is 1. The molecule has 4 rings (SSSR count). The predicted octanol–water partition coefficient (Wildman–Crippen LogP) is 6.46. The Hall–Kier alpha value is -1.53. The molecule has 1 aliphatic heterocycles.